The molecule has 4 nitrogen and oxygen atoms in total. The summed E-state index contributed by atoms with van der Waals surface area (Å²) in [6.45, 7) is 4.30. The Balaban J connectivity index is 1.79. The van der Waals surface area contributed by atoms with Gasteiger partial charge in [-0.1, -0.05) is 30.3 Å². The molecule has 0 spiro atoms. The average molecular weight is 366 g/mol. The predicted molar refractivity (Wildman–Crippen MR) is 110 cm³/mol. The molecule has 0 aliphatic rings. The van der Waals surface area contributed by atoms with Gasteiger partial charge in [-0.3, -0.25) is 4.99 Å². The van der Waals surface area contributed by atoms with Crippen molar-refractivity contribution in [2.24, 2.45) is 4.99 Å². The van der Waals surface area contributed by atoms with Crippen molar-refractivity contribution in [3.05, 3.63) is 69.0 Å². The molecule has 0 aliphatic heterocycles. The number of rotatable bonds is 6. The number of nitrogens with zero attached hydrogens (tertiary/aromatic N) is 2. The van der Waals surface area contributed by atoms with Gasteiger partial charge in [0.05, 0.1) is 23.6 Å². The first kappa shape index (κ1) is 18.3. The molecule has 26 heavy (non-hydrogen) atoms. The minimum atomic E-state index is 0.0657. The average Bonchev–Trinajstić information content (AvgIpc) is 3.12. The summed E-state index contributed by atoms with van der Waals surface area (Å²) in [5.41, 5.74) is 7.79. The Labute approximate surface area is 158 Å². The molecule has 2 N–H and O–H groups in total. The van der Waals surface area contributed by atoms with Gasteiger partial charge in [-0.2, -0.15) is 0 Å². The first-order valence-electron chi connectivity index (χ1n) is 8.52. The molecule has 0 atom stereocenters. The van der Waals surface area contributed by atoms with E-state index < -0.39 is 0 Å². The highest BCUT2D eigenvalue weighted by Gasteiger charge is 2.09. The highest BCUT2D eigenvalue weighted by Crippen LogP contribution is 2.27. The second kappa shape index (κ2) is 8.25. The van der Waals surface area contributed by atoms with E-state index in [4.69, 9.17) is 10.1 Å². The van der Waals surface area contributed by atoms with Crippen molar-refractivity contribution in [2.45, 2.75) is 26.9 Å². The number of aliphatic imine (C=N–C) groups is 1. The molecule has 3 rings (SSSR count). The fourth-order valence-electron chi connectivity index (χ4n) is 2.82. The largest absolute Gasteiger partial charge is 0.392 e. The van der Waals surface area contributed by atoms with E-state index in [0.717, 1.165) is 33.9 Å². The summed E-state index contributed by atoms with van der Waals surface area (Å²) in [6, 6.07) is 12.3. The first-order valence-corrected chi connectivity index (χ1v) is 9.40. The van der Waals surface area contributed by atoms with Crippen LogP contribution in [0.15, 0.2) is 46.8 Å². The summed E-state index contributed by atoms with van der Waals surface area (Å²) >= 11 is 1.68. The fourth-order valence-corrected chi connectivity index (χ4v) is 3.65. The molecular formula is C21H23N3OS. The quantitative estimate of drug-likeness (QED) is 0.496. The molecule has 0 fully saturated rings. The summed E-state index contributed by atoms with van der Waals surface area (Å²) in [5.74, 6) is 0. The van der Waals surface area contributed by atoms with Crippen molar-refractivity contribution in [2.75, 3.05) is 12.4 Å². The second-order valence-electron chi connectivity index (χ2n) is 6.28. The number of aliphatic hydroxyl groups is 1. The molecule has 134 valence electrons. The highest BCUT2D eigenvalue weighted by molar-refractivity contribution is 7.10. The van der Waals surface area contributed by atoms with Gasteiger partial charge in [0.15, 0.2) is 0 Å². The number of aryl methyl sites for hydroxylation is 2. The van der Waals surface area contributed by atoms with Gasteiger partial charge in [0.25, 0.3) is 0 Å². The molecule has 5 heteroatoms. The molecule has 0 aliphatic carbocycles. The maximum atomic E-state index is 9.16. The summed E-state index contributed by atoms with van der Waals surface area (Å²) < 4.78 is 0. The van der Waals surface area contributed by atoms with E-state index in [2.05, 4.69) is 41.7 Å². The number of hydrogen-bond acceptors (Lipinski definition) is 4. The lowest BCUT2D eigenvalue weighted by atomic mass is 10.0. The Kier molecular flexibility index (Phi) is 5.81. The third-order valence-electron chi connectivity index (χ3n) is 4.36. The predicted octanol–water partition coefficient (Wildman–Crippen LogP) is 4.58. The summed E-state index contributed by atoms with van der Waals surface area (Å²) in [5, 5.41) is 15.6. The molecule has 0 saturated heterocycles. The Morgan fingerprint density at radius 3 is 2.62 bits per heavy atom. The van der Waals surface area contributed by atoms with Gasteiger partial charge in [-0.25, -0.2) is 4.98 Å². The van der Waals surface area contributed by atoms with Crippen molar-refractivity contribution >= 4 is 23.4 Å². The third kappa shape index (κ3) is 4.18. The van der Waals surface area contributed by atoms with E-state index in [1.54, 1.807) is 24.7 Å². The number of nitrogens with one attached hydrogen (secondary N) is 1. The van der Waals surface area contributed by atoms with E-state index in [1.165, 1.54) is 16.7 Å². The van der Waals surface area contributed by atoms with Gasteiger partial charge in [0.1, 0.15) is 0 Å². The number of aliphatic hydroxyl groups excluding tert-OH is 1. The van der Waals surface area contributed by atoms with Crippen LogP contribution in [0.25, 0.3) is 11.3 Å². The van der Waals surface area contributed by atoms with E-state index in [0.29, 0.717) is 0 Å². The number of benzene rings is 2. The van der Waals surface area contributed by atoms with Gasteiger partial charge >= 0.3 is 0 Å². The van der Waals surface area contributed by atoms with Gasteiger partial charge < -0.3 is 10.4 Å². The Bertz CT molecular complexity index is 914. The van der Waals surface area contributed by atoms with Crippen LogP contribution < -0.4 is 5.32 Å². The summed E-state index contributed by atoms with van der Waals surface area (Å²) in [4.78, 5) is 8.77. The topological polar surface area (TPSA) is 57.5 Å². The second-order valence-corrected chi connectivity index (χ2v) is 7.23. The van der Waals surface area contributed by atoms with Crippen molar-refractivity contribution < 1.29 is 5.11 Å². The molecule has 0 unspecified atom stereocenters. The summed E-state index contributed by atoms with van der Waals surface area (Å²) in [6.07, 6.45) is 2.53. The number of aromatic nitrogens is 1. The maximum Gasteiger partial charge on any atom is 0.0976 e. The molecule has 3 aromatic rings. The fraction of sp³-hybridized carbons (Fsp3) is 0.238. The third-order valence-corrected chi connectivity index (χ3v) is 5.21. The van der Waals surface area contributed by atoms with E-state index >= 15 is 0 Å². The van der Waals surface area contributed by atoms with Crippen LogP contribution in [-0.4, -0.2) is 23.5 Å². The van der Waals surface area contributed by atoms with Crippen LogP contribution in [0.4, 0.5) is 5.69 Å². The minimum absolute atomic E-state index is 0.0657. The number of anilines is 1. The Morgan fingerprint density at radius 2 is 1.92 bits per heavy atom. The van der Waals surface area contributed by atoms with Crippen LogP contribution in [0.2, 0.25) is 0 Å². The lowest BCUT2D eigenvalue weighted by molar-refractivity contribution is 0.282. The van der Waals surface area contributed by atoms with Crippen molar-refractivity contribution in [3.8, 4) is 11.3 Å². The zero-order chi connectivity index (χ0) is 18.5. The number of hydrogen-bond donors (Lipinski definition) is 2. The smallest absolute Gasteiger partial charge is 0.0976 e. The zero-order valence-corrected chi connectivity index (χ0v) is 16.1. The highest BCUT2D eigenvalue weighted by atomic mass is 32.1. The van der Waals surface area contributed by atoms with Crippen molar-refractivity contribution in [1.82, 2.24) is 4.98 Å². The van der Waals surface area contributed by atoms with Crippen LogP contribution >= 0.6 is 11.3 Å². The molecule has 1 aromatic heterocycles. The van der Waals surface area contributed by atoms with E-state index in [-0.39, 0.29) is 6.61 Å². The Hall–Kier alpha value is -2.50. The van der Waals surface area contributed by atoms with Gasteiger partial charge in [-0.05, 0) is 42.2 Å². The van der Waals surface area contributed by atoms with E-state index in [1.807, 2.05) is 24.3 Å². The standard InChI is InChI=1S/C21H23N3OS/c1-14-9-19(23-13-22-3)15(2)8-18(14)10-21-24-20(12-26-21)17-6-4-16(11-25)5-7-17/h4-9,12-13,25H,10-11H2,1-3H3,(H,22,23). The van der Waals surface area contributed by atoms with Crippen LogP contribution in [0.5, 0.6) is 0 Å². The lowest BCUT2D eigenvalue weighted by Gasteiger charge is -2.11. The number of thiazole rings is 1. The molecule has 2 aromatic carbocycles. The van der Waals surface area contributed by atoms with Crippen molar-refractivity contribution in [1.29, 1.82) is 0 Å². The van der Waals surface area contributed by atoms with Gasteiger partial charge in [0, 0.05) is 30.1 Å². The molecular weight excluding hydrogens is 342 g/mol. The monoisotopic (exact) mass is 365 g/mol. The minimum Gasteiger partial charge on any atom is -0.392 e. The normalized spacial score (nSPS) is 11.2. The van der Waals surface area contributed by atoms with Gasteiger partial charge in [0.2, 0.25) is 0 Å². The molecule has 1 heterocycles. The van der Waals surface area contributed by atoms with Crippen LogP contribution in [0.3, 0.4) is 0 Å². The zero-order valence-electron chi connectivity index (χ0n) is 15.3. The molecule has 0 radical (unpaired) electrons. The summed E-state index contributed by atoms with van der Waals surface area (Å²) in [7, 11) is 1.75. The SMILES string of the molecule is CN=CNc1cc(C)c(Cc2nc(-c3ccc(CO)cc3)cs2)cc1C. The molecule has 0 amide bonds. The molecule has 0 bridgehead atoms. The molecule has 0 saturated carbocycles. The van der Waals surface area contributed by atoms with Crippen LogP contribution in [-0.2, 0) is 13.0 Å². The van der Waals surface area contributed by atoms with Crippen LogP contribution in [0.1, 0.15) is 27.3 Å². The Morgan fingerprint density at radius 1 is 1.15 bits per heavy atom. The van der Waals surface area contributed by atoms with Crippen LogP contribution in [0, 0.1) is 13.8 Å². The van der Waals surface area contributed by atoms with E-state index in [9.17, 15) is 0 Å². The van der Waals surface area contributed by atoms with Gasteiger partial charge in [-0.15, -0.1) is 11.3 Å². The maximum absolute atomic E-state index is 9.16. The van der Waals surface area contributed by atoms with Crippen molar-refractivity contribution in [3.63, 3.8) is 0 Å². The lowest BCUT2D eigenvalue weighted by Crippen LogP contribution is -2.00. The first-order chi connectivity index (χ1) is 12.6.